The Kier molecular flexibility index (Phi) is 21.2. The van der Waals surface area contributed by atoms with E-state index in [0.29, 0.717) is 51.6 Å². The van der Waals surface area contributed by atoms with Gasteiger partial charge in [-0.05, 0) is 131 Å². The molecule has 1 aliphatic heterocycles. The van der Waals surface area contributed by atoms with Gasteiger partial charge in [-0.2, -0.15) is 26.3 Å². The molecule has 88 heavy (non-hydrogen) atoms. The number of alkyl halides is 6. The lowest BCUT2D eigenvalue weighted by atomic mass is 9.91. The number of aromatic nitrogens is 2. The Bertz CT molecular complexity index is 4000. The first-order valence-corrected chi connectivity index (χ1v) is 29.0. The van der Waals surface area contributed by atoms with Crippen LogP contribution in [0.3, 0.4) is 0 Å². The fourth-order valence-electron chi connectivity index (χ4n) is 9.29. The third kappa shape index (κ3) is 16.3. The van der Waals surface area contributed by atoms with Crippen molar-refractivity contribution >= 4 is 37.6 Å². The summed E-state index contributed by atoms with van der Waals surface area (Å²) in [6.45, 7) is 0.127. The molecule has 3 heterocycles. The lowest BCUT2D eigenvalue weighted by Gasteiger charge is -2.22. The minimum Gasteiger partial charge on any atom is -0.489 e. The molecular weight excluding hydrogens is 1200 g/mol. The van der Waals surface area contributed by atoms with Gasteiger partial charge in [-0.15, -0.1) is 0 Å². The van der Waals surface area contributed by atoms with Crippen molar-refractivity contribution in [3.8, 4) is 11.5 Å². The number of cyclic esters (lactones) is 1. The van der Waals surface area contributed by atoms with Gasteiger partial charge in [0.1, 0.15) is 43.8 Å². The molecule has 16 nitrogen and oxygen atoms in total. The maximum absolute atomic E-state index is 13.6. The first-order chi connectivity index (χ1) is 41.0. The molecule has 0 radical (unpaired) electrons. The molecule has 0 unspecified atom stereocenters. The van der Waals surface area contributed by atoms with E-state index in [1.54, 1.807) is 72.8 Å². The number of ether oxygens (including phenoxy) is 3. The first-order valence-electron chi connectivity index (χ1n) is 26.1. The van der Waals surface area contributed by atoms with E-state index in [0.717, 1.165) is 54.1 Å². The van der Waals surface area contributed by atoms with Gasteiger partial charge in [0.2, 0.25) is 25.6 Å². The fraction of sp³-hybridized carbons (Fsp3) is 0.203. The zero-order valence-corrected chi connectivity index (χ0v) is 46.4. The van der Waals surface area contributed by atoms with Crippen LogP contribution in [0.25, 0.3) is 0 Å². The highest BCUT2D eigenvalue weighted by Gasteiger charge is 2.39. The van der Waals surface area contributed by atoms with Crippen molar-refractivity contribution in [2.24, 2.45) is 0 Å². The van der Waals surface area contributed by atoms with Crippen LogP contribution in [0.1, 0.15) is 89.9 Å². The monoisotopic (exact) mass is 1250 g/mol. The number of rotatable bonds is 20. The van der Waals surface area contributed by atoms with E-state index in [4.69, 9.17) is 23.3 Å². The summed E-state index contributed by atoms with van der Waals surface area (Å²) >= 11 is 0. The molecule has 2 aromatic heterocycles. The Morgan fingerprint density at radius 3 is 1.36 bits per heavy atom. The number of aliphatic carboxylic acids is 1. The summed E-state index contributed by atoms with van der Waals surface area (Å²) < 4.78 is 156. The van der Waals surface area contributed by atoms with Crippen molar-refractivity contribution < 1.29 is 85.9 Å². The Labute approximate surface area is 502 Å². The van der Waals surface area contributed by atoms with Crippen LogP contribution in [0.2, 0.25) is 0 Å². The summed E-state index contributed by atoms with van der Waals surface area (Å²) in [5.41, 5.74) is 2.55. The summed E-state index contributed by atoms with van der Waals surface area (Å²) in [5.74, 6) is -1.53. The third-order valence-corrected chi connectivity index (χ3v) is 17.2. The largest absolute Gasteiger partial charge is 0.489 e. The maximum atomic E-state index is 13.6. The smallest absolute Gasteiger partial charge is 0.416 e. The number of carbonyl (C=O) groups is 3. The molecule has 0 aliphatic carbocycles. The lowest BCUT2D eigenvalue weighted by molar-refractivity contribution is -0.138. The molecule has 460 valence electrons. The van der Waals surface area contributed by atoms with Gasteiger partial charge in [0.15, 0.2) is 0 Å². The van der Waals surface area contributed by atoms with Crippen molar-refractivity contribution in [2.75, 3.05) is 6.61 Å². The van der Waals surface area contributed by atoms with Crippen LogP contribution < -0.4 is 9.47 Å². The number of imide groups is 1. The molecule has 1 N–H and O–H groups in total. The summed E-state index contributed by atoms with van der Waals surface area (Å²) in [7, 11) is -8.12. The highest BCUT2D eigenvalue weighted by molar-refractivity contribution is 7.91. The van der Waals surface area contributed by atoms with Gasteiger partial charge in [0, 0.05) is 30.4 Å². The van der Waals surface area contributed by atoms with Crippen LogP contribution in [-0.2, 0) is 66.0 Å². The molecular formula is C64H57F6N3O13S2. The minimum absolute atomic E-state index is 0. The van der Waals surface area contributed by atoms with E-state index in [2.05, 4.69) is 10.3 Å². The number of hydrogen-bond acceptors (Lipinski definition) is 14. The average Bonchev–Trinajstić information content (AvgIpc) is 2.38. The van der Waals surface area contributed by atoms with E-state index in [1.807, 2.05) is 30.3 Å². The predicted molar refractivity (Wildman–Crippen MR) is 307 cm³/mol. The lowest BCUT2D eigenvalue weighted by Crippen LogP contribution is -2.40. The number of benzene rings is 7. The number of carboxylic acids is 1. The standard InChI is InChI=1S/C36H29F3N2O7S.C26H20F3NO6S.2CH4/c37-36(38,39)27-11-15-30(16-12-27)49(44,45)31-8-4-7-25(20-31)22-46-29-13-9-26(10-14-29)32(33-17-18-48-40-33)21-34(42)41-28(23-47-35(41)43)19-24-5-2-1-3-6-24;27-26(28,29)19-6-10-21(11-7-19)37(33,34)22-3-1-2-17(14-22)16-35-20-8-4-18(5-9-20)23(15-25(31)32)24-12-13-36-30-24;;/h1-18,20,28,32H,19,21-23H2;1-14,23H,15-16H2,(H,31,32);2*1H4/t28-,32-;23-;;/m00../s1. The Morgan fingerprint density at radius 1 is 0.545 bits per heavy atom. The van der Waals surface area contributed by atoms with E-state index in [1.165, 1.54) is 53.8 Å². The quantitative estimate of drug-likeness (QED) is 0.0701. The number of hydrogen-bond donors (Lipinski definition) is 1. The molecule has 3 atom stereocenters. The number of sulfone groups is 2. The average molecular weight is 1250 g/mol. The van der Waals surface area contributed by atoms with Gasteiger partial charge in [0.25, 0.3) is 0 Å². The van der Waals surface area contributed by atoms with Crippen LogP contribution in [0.15, 0.2) is 229 Å². The van der Waals surface area contributed by atoms with Gasteiger partial charge < -0.3 is 28.4 Å². The van der Waals surface area contributed by atoms with Crippen LogP contribution in [0, 0.1) is 0 Å². The highest BCUT2D eigenvalue weighted by Crippen LogP contribution is 2.35. The molecule has 0 saturated carbocycles. The molecule has 2 amide bonds. The Morgan fingerprint density at radius 2 is 0.966 bits per heavy atom. The molecule has 1 aliphatic rings. The number of carbonyl (C=O) groups excluding carboxylic acids is 2. The van der Waals surface area contributed by atoms with Crippen molar-refractivity contribution in [1.29, 1.82) is 0 Å². The number of nitrogens with zero attached hydrogens (tertiary/aromatic N) is 3. The molecule has 0 spiro atoms. The molecule has 10 rings (SSSR count). The SMILES string of the molecule is C.C.O=C(C[C@@H](c1ccc(OCc2cccc(S(=O)(=O)c3ccc(C(F)(F)F)cc3)c2)cc1)c1ccon1)N1C(=O)OC[C@@H]1Cc1ccccc1.O=C(O)C[C@@H](c1ccc(OCc2cccc(S(=O)(=O)c3ccc(C(F)(F)F)cc3)c2)cc1)c1ccon1. The van der Waals surface area contributed by atoms with Gasteiger partial charge >= 0.3 is 24.4 Å². The molecule has 1 fully saturated rings. The van der Waals surface area contributed by atoms with Crippen molar-refractivity contribution in [1.82, 2.24) is 15.2 Å². The molecule has 9 aromatic rings. The summed E-state index contributed by atoms with van der Waals surface area (Å²) in [5, 5.41) is 17.1. The number of amides is 2. The Hall–Kier alpha value is -9.55. The fourth-order valence-corrected chi connectivity index (χ4v) is 12.0. The Balaban J connectivity index is 0.000000255. The van der Waals surface area contributed by atoms with E-state index >= 15 is 0 Å². The van der Waals surface area contributed by atoms with Crippen molar-refractivity contribution in [2.45, 2.75) is 97.1 Å². The van der Waals surface area contributed by atoms with E-state index in [-0.39, 0.29) is 67.1 Å². The zero-order valence-electron chi connectivity index (χ0n) is 44.8. The zero-order chi connectivity index (χ0) is 61.2. The molecule has 0 bridgehead atoms. The third-order valence-electron chi connectivity index (χ3n) is 13.7. The van der Waals surface area contributed by atoms with Crippen LogP contribution in [0.4, 0.5) is 31.1 Å². The number of carboxylic acid groups (broad SMARTS) is 1. The van der Waals surface area contributed by atoms with Gasteiger partial charge in [-0.25, -0.2) is 26.5 Å². The summed E-state index contributed by atoms with van der Waals surface area (Å²) in [4.78, 5) is 37.9. The summed E-state index contributed by atoms with van der Waals surface area (Å²) in [6.07, 6.45) is -6.85. The van der Waals surface area contributed by atoms with E-state index in [9.17, 15) is 62.7 Å². The van der Waals surface area contributed by atoms with Crippen LogP contribution >= 0.6 is 0 Å². The van der Waals surface area contributed by atoms with Crippen molar-refractivity contribution in [3.05, 3.63) is 251 Å². The minimum atomic E-state index is -4.58. The summed E-state index contributed by atoms with van der Waals surface area (Å²) in [6, 6.07) is 44.5. The normalized spacial score (nSPS) is 14.0. The highest BCUT2D eigenvalue weighted by atomic mass is 32.2. The molecule has 24 heteroatoms. The van der Waals surface area contributed by atoms with E-state index < -0.39 is 79.0 Å². The predicted octanol–water partition coefficient (Wildman–Crippen LogP) is 14.2. The van der Waals surface area contributed by atoms with Crippen LogP contribution in [-0.4, -0.2) is 67.8 Å². The number of halogens is 6. The second-order valence-corrected chi connectivity index (χ2v) is 23.4. The van der Waals surface area contributed by atoms with Gasteiger partial charge in [0.05, 0.1) is 54.6 Å². The molecule has 1 saturated heterocycles. The maximum Gasteiger partial charge on any atom is 0.416 e. The van der Waals surface area contributed by atoms with Crippen molar-refractivity contribution in [3.63, 3.8) is 0 Å². The second-order valence-electron chi connectivity index (χ2n) is 19.5. The topological polar surface area (TPSA) is 223 Å². The first kappa shape index (κ1) is 66.0. The molecule has 7 aromatic carbocycles. The van der Waals surface area contributed by atoms with Crippen LogP contribution in [0.5, 0.6) is 11.5 Å². The van der Waals surface area contributed by atoms with Gasteiger partial charge in [-0.3, -0.25) is 9.59 Å². The second kappa shape index (κ2) is 28.3. The van der Waals surface area contributed by atoms with Gasteiger partial charge in [-0.1, -0.05) is 104 Å².